The van der Waals surface area contributed by atoms with Gasteiger partial charge in [-0.05, 0) is 30.7 Å². The molecule has 6 heteroatoms. The number of methoxy groups -OCH3 is 1. The summed E-state index contributed by atoms with van der Waals surface area (Å²) in [6.45, 7) is 2.13. The molecule has 1 aromatic heterocycles. The van der Waals surface area contributed by atoms with Gasteiger partial charge in [-0.1, -0.05) is 30.3 Å². The van der Waals surface area contributed by atoms with Crippen molar-refractivity contribution >= 4 is 21.8 Å². The number of fused-ring (bicyclic) bond motifs is 3. The Morgan fingerprint density at radius 2 is 1.94 bits per heavy atom. The van der Waals surface area contributed by atoms with Gasteiger partial charge in [0.15, 0.2) is 5.76 Å². The zero-order valence-corrected chi connectivity index (χ0v) is 17.9. The van der Waals surface area contributed by atoms with Crippen LogP contribution in [0.15, 0.2) is 66.1 Å². The van der Waals surface area contributed by atoms with Crippen LogP contribution in [0.3, 0.4) is 0 Å². The fourth-order valence-electron chi connectivity index (χ4n) is 3.85. The number of aromatic amines is 1. The Hall–Kier alpha value is -2.96. The number of para-hydroxylation sites is 1. The van der Waals surface area contributed by atoms with Crippen molar-refractivity contribution in [1.82, 2.24) is 10.3 Å². The van der Waals surface area contributed by atoms with E-state index in [9.17, 15) is 5.11 Å². The summed E-state index contributed by atoms with van der Waals surface area (Å²) in [4.78, 5) is 3.42. The lowest BCUT2D eigenvalue weighted by molar-refractivity contribution is 0.132. The molecule has 31 heavy (non-hydrogen) atoms. The Labute approximate surface area is 182 Å². The number of hydrogen-bond donors (Lipinski definition) is 3. The average molecular weight is 423 g/mol. The number of benzene rings is 2. The van der Waals surface area contributed by atoms with Gasteiger partial charge in [0.25, 0.3) is 0 Å². The van der Waals surface area contributed by atoms with Crippen molar-refractivity contribution in [3.63, 3.8) is 0 Å². The third-order valence-corrected chi connectivity index (χ3v) is 5.45. The molecule has 4 rings (SSSR count). The number of H-pyrrole nitrogens is 1. The van der Waals surface area contributed by atoms with Crippen LogP contribution in [0.5, 0.6) is 5.75 Å². The SMILES string of the molecule is COC1=C(OCCNCC(O)CCOc2cccc3[nH]c4ccccc4c23)C=CCC1. The van der Waals surface area contributed by atoms with Crippen molar-refractivity contribution in [2.45, 2.75) is 25.4 Å². The van der Waals surface area contributed by atoms with E-state index in [1.165, 1.54) is 0 Å². The van der Waals surface area contributed by atoms with Gasteiger partial charge in [-0.2, -0.15) is 0 Å². The Bertz CT molecular complexity index is 1070. The van der Waals surface area contributed by atoms with Crippen LogP contribution in [0, 0.1) is 0 Å². The van der Waals surface area contributed by atoms with E-state index in [0.29, 0.717) is 32.7 Å². The Morgan fingerprint density at radius 3 is 2.84 bits per heavy atom. The molecule has 1 aliphatic carbocycles. The summed E-state index contributed by atoms with van der Waals surface area (Å²) in [6.07, 6.45) is 5.98. The molecule has 2 aromatic carbocycles. The van der Waals surface area contributed by atoms with E-state index >= 15 is 0 Å². The molecule has 3 aromatic rings. The highest BCUT2D eigenvalue weighted by Crippen LogP contribution is 2.33. The molecule has 6 nitrogen and oxygen atoms in total. The summed E-state index contributed by atoms with van der Waals surface area (Å²) in [5, 5.41) is 15.7. The zero-order chi connectivity index (χ0) is 21.5. The lowest BCUT2D eigenvalue weighted by Gasteiger charge is -2.16. The van der Waals surface area contributed by atoms with Crippen molar-refractivity contribution < 1.29 is 19.3 Å². The monoisotopic (exact) mass is 422 g/mol. The minimum Gasteiger partial charge on any atom is -0.497 e. The van der Waals surface area contributed by atoms with Crippen LogP contribution in [0.25, 0.3) is 21.8 Å². The van der Waals surface area contributed by atoms with Crippen LogP contribution in [0.1, 0.15) is 19.3 Å². The van der Waals surface area contributed by atoms with Gasteiger partial charge in [0.1, 0.15) is 18.1 Å². The first-order chi connectivity index (χ1) is 15.3. The van der Waals surface area contributed by atoms with E-state index in [-0.39, 0.29) is 0 Å². The number of allylic oxidation sites excluding steroid dienone is 3. The molecule has 3 N–H and O–H groups in total. The highest BCUT2D eigenvalue weighted by molar-refractivity contribution is 6.10. The molecule has 0 radical (unpaired) electrons. The normalized spacial score (nSPS) is 14.9. The van der Waals surface area contributed by atoms with Crippen molar-refractivity contribution in [3.05, 3.63) is 66.1 Å². The highest BCUT2D eigenvalue weighted by Gasteiger charge is 2.11. The maximum atomic E-state index is 10.3. The molecule has 0 bridgehead atoms. The molecular weight excluding hydrogens is 392 g/mol. The number of aliphatic hydroxyl groups excluding tert-OH is 1. The third kappa shape index (κ3) is 5.21. The predicted molar refractivity (Wildman–Crippen MR) is 123 cm³/mol. The van der Waals surface area contributed by atoms with Gasteiger partial charge in [-0.25, -0.2) is 0 Å². The van der Waals surface area contributed by atoms with E-state index in [1.54, 1.807) is 7.11 Å². The molecule has 1 aliphatic rings. The van der Waals surface area contributed by atoms with Gasteiger partial charge in [0, 0.05) is 42.2 Å². The van der Waals surface area contributed by atoms with Crippen molar-refractivity contribution in [1.29, 1.82) is 0 Å². The third-order valence-electron chi connectivity index (χ3n) is 5.45. The summed E-state index contributed by atoms with van der Waals surface area (Å²) >= 11 is 0. The minimum absolute atomic E-state index is 0.451. The molecule has 0 saturated carbocycles. The molecule has 1 atom stereocenters. The molecular formula is C25H30N2O4. The average Bonchev–Trinajstić information content (AvgIpc) is 3.18. The van der Waals surface area contributed by atoms with Gasteiger partial charge in [0.2, 0.25) is 0 Å². The number of aromatic nitrogens is 1. The highest BCUT2D eigenvalue weighted by atomic mass is 16.5. The maximum absolute atomic E-state index is 10.3. The molecule has 0 aliphatic heterocycles. The van der Waals surface area contributed by atoms with Crippen LogP contribution in [0.4, 0.5) is 0 Å². The van der Waals surface area contributed by atoms with Crippen molar-refractivity contribution in [2.24, 2.45) is 0 Å². The lowest BCUT2D eigenvalue weighted by Crippen LogP contribution is -2.30. The van der Waals surface area contributed by atoms with Gasteiger partial charge in [-0.15, -0.1) is 0 Å². The molecule has 0 spiro atoms. The first-order valence-electron chi connectivity index (χ1n) is 10.8. The summed E-state index contributed by atoms with van der Waals surface area (Å²) < 4.78 is 17.2. The van der Waals surface area contributed by atoms with E-state index in [2.05, 4.69) is 34.6 Å². The molecule has 164 valence electrons. The summed E-state index contributed by atoms with van der Waals surface area (Å²) in [5.41, 5.74) is 2.15. The van der Waals surface area contributed by atoms with Gasteiger partial charge >= 0.3 is 0 Å². The van der Waals surface area contributed by atoms with Crippen molar-refractivity contribution in [3.8, 4) is 5.75 Å². The smallest absolute Gasteiger partial charge is 0.156 e. The minimum atomic E-state index is -0.481. The number of ether oxygens (including phenoxy) is 3. The number of rotatable bonds is 11. The molecule has 0 fully saturated rings. The zero-order valence-electron chi connectivity index (χ0n) is 17.9. The Balaban J connectivity index is 1.20. The number of nitrogens with one attached hydrogen (secondary N) is 2. The molecule has 1 unspecified atom stereocenters. The largest absolute Gasteiger partial charge is 0.497 e. The van der Waals surface area contributed by atoms with Crippen LogP contribution in [-0.4, -0.2) is 49.6 Å². The van der Waals surface area contributed by atoms with Gasteiger partial charge in [-0.3, -0.25) is 0 Å². The van der Waals surface area contributed by atoms with E-state index < -0.39 is 6.10 Å². The molecule has 0 amide bonds. The quantitative estimate of drug-likeness (QED) is 0.403. The van der Waals surface area contributed by atoms with Gasteiger partial charge < -0.3 is 29.6 Å². The van der Waals surface area contributed by atoms with E-state index in [0.717, 1.165) is 51.9 Å². The molecule has 1 heterocycles. The second-order valence-corrected chi connectivity index (χ2v) is 7.63. The van der Waals surface area contributed by atoms with Crippen LogP contribution in [-0.2, 0) is 9.47 Å². The standard InChI is InChI=1S/C25H30N2O4/c1-29-22-10-4-5-11-23(22)31-16-14-26-17-18(28)13-15-30-24-12-6-9-21-25(24)19-7-2-3-8-20(19)27-21/h2-3,5-9,11-12,18,26-28H,4,10,13-17H2,1H3. The fourth-order valence-corrected chi connectivity index (χ4v) is 3.85. The Kier molecular flexibility index (Phi) is 7.12. The van der Waals surface area contributed by atoms with Gasteiger partial charge in [0.05, 0.1) is 25.3 Å². The van der Waals surface area contributed by atoms with Crippen LogP contribution in [0.2, 0.25) is 0 Å². The molecule has 0 saturated heterocycles. The first-order valence-corrected chi connectivity index (χ1v) is 10.8. The predicted octanol–water partition coefficient (Wildman–Crippen LogP) is 4.27. The fraction of sp³-hybridized carbons (Fsp3) is 0.360. The maximum Gasteiger partial charge on any atom is 0.156 e. The number of aliphatic hydroxyl groups is 1. The summed E-state index contributed by atoms with van der Waals surface area (Å²) in [5.74, 6) is 2.53. The second kappa shape index (κ2) is 10.4. The van der Waals surface area contributed by atoms with E-state index in [4.69, 9.17) is 14.2 Å². The Morgan fingerprint density at radius 1 is 1.06 bits per heavy atom. The van der Waals surface area contributed by atoms with E-state index in [1.807, 2.05) is 30.3 Å². The first kappa shape index (κ1) is 21.3. The van der Waals surface area contributed by atoms with Crippen molar-refractivity contribution in [2.75, 3.05) is 33.4 Å². The topological polar surface area (TPSA) is 75.7 Å². The second-order valence-electron chi connectivity index (χ2n) is 7.63. The summed E-state index contributed by atoms with van der Waals surface area (Å²) in [6, 6.07) is 14.2. The lowest BCUT2D eigenvalue weighted by atomic mass is 10.1. The number of hydrogen-bond acceptors (Lipinski definition) is 5. The van der Waals surface area contributed by atoms with Crippen LogP contribution >= 0.6 is 0 Å². The summed E-state index contributed by atoms with van der Waals surface area (Å²) in [7, 11) is 1.67. The van der Waals surface area contributed by atoms with Crippen LogP contribution < -0.4 is 10.1 Å².